The van der Waals surface area contributed by atoms with Crippen molar-refractivity contribution >= 4 is 23.0 Å². The summed E-state index contributed by atoms with van der Waals surface area (Å²) >= 11 is 5.87. The maximum atomic E-state index is 11.5. The van der Waals surface area contributed by atoms with Gasteiger partial charge in [-0.2, -0.15) is 0 Å². The fourth-order valence-corrected chi connectivity index (χ4v) is 3.24. The number of hydrogen-bond acceptors (Lipinski definition) is 7. The smallest absolute Gasteiger partial charge is 0.296 e. The number of rotatable bonds is 6. The zero-order chi connectivity index (χ0) is 19.4. The molecule has 0 N–H and O–H groups in total. The molecular formula is C18H21ClN4O4. The minimum atomic E-state index is -0.388. The number of piperazine rings is 1. The van der Waals surface area contributed by atoms with Gasteiger partial charge in [-0.3, -0.25) is 20.0 Å². The van der Waals surface area contributed by atoms with Gasteiger partial charge in [-0.15, -0.1) is 0 Å². The van der Waals surface area contributed by atoms with Crippen molar-refractivity contribution in [3.8, 4) is 11.5 Å². The first-order valence-corrected chi connectivity index (χ1v) is 8.87. The van der Waals surface area contributed by atoms with E-state index in [2.05, 4.69) is 9.88 Å². The number of nitrogens with zero attached hydrogens (tertiary/aromatic N) is 4. The number of hydrogen-bond donors (Lipinski definition) is 0. The van der Waals surface area contributed by atoms with E-state index in [1.165, 1.54) is 20.3 Å². The molecule has 0 spiro atoms. The van der Waals surface area contributed by atoms with E-state index in [1.54, 1.807) is 12.3 Å². The molecule has 1 fully saturated rings. The monoisotopic (exact) mass is 392 g/mol. The van der Waals surface area contributed by atoms with Crippen LogP contribution in [0.15, 0.2) is 30.5 Å². The minimum absolute atomic E-state index is 0.0143. The molecule has 2 heterocycles. The van der Waals surface area contributed by atoms with Crippen LogP contribution in [0.4, 0.5) is 11.4 Å². The van der Waals surface area contributed by atoms with E-state index in [1.807, 2.05) is 17.0 Å². The van der Waals surface area contributed by atoms with Gasteiger partial charge in [-0.05, 0) is 12.1 Å². The van der Waals surface area contributed by atoms with Gasteiger partial charge in [-0.25, -0.2) is 0 Å². The summed E-state index contributed by atoms with van der Waals surface area (Å²) in [5.41, 5.74) is 1.51. The Balaban J connectivity index is 1.73. The number of benzene rings is 1. The van der Waals surface area contributed by atoms with E-state index in [-0.39, 0.29) is 10.6 Å². The molecule has 0 bridgehead atoms. The van der Waals surface area contributed by atoms with Crippen LogP contribution in [0.3, 0.4) is 0 Å². The molecule has 1 aliphatic rings. The lowest BCUT2D eigenvalue weighted by Gasteiger charge is -2.35. The highest BCUT2D eigenvalue weighted by atomic mass is 35.5. The first-order valence-electron chi connectivity index (χ1n) is 8.50. The summed E-state index contributed by atoms with van der Waals surface area (Å²) in [4.78, 5) is 19.7. The average Bonchev–Trinajstić information content (AvgIpc) is 2.69. The summed E-state index contributed by atoms with van der Waals surface area (Å²) in [7, 11) is 2.98. The quantitative estimate of drug-likeness (QED) is 0.552. The molecule has 0 amide bonds. The molecule has 3 rings (SSSR count). The molecular weight excluding hydrogens is 372 g/mol. The number of anilines is 1. The van der Waals surface area contributed by atoms with Crippen LogP contribution in [0.25, 0.3) is 0 Å². The summed E-state index contributed by atoms with van der Waals surface area (Å²) in [6.45, 7) is 3.61. The Labute approximate surface area is 162 Å². The number of halogens is 1. The Hall–Kier alpha value is -2.58. The van der Waals surface area contributed by atoms with Crippen molar-refractivity contribution < 1.29 is 14.4 Å². The van der Waals surface area contributed by atoms with Crippen LogP contribution < -0.4 is 14.4 Å². The van der Waals surface area contributed by atoms with E-state index in [4.69, 9.17) is 21.1 Å². The Morgan fingerprint density at radius 2 is 1.81 bits per heavy atom. The molecule has 8 nitrogen and oxygen atoms in total. The number of methoxy groups -OCH3 is 2. The lowest BCUT2D eigenvalue weighted by atomic mass is 10.2. The van der Waals surface area contributed by atoms with Gasteiger partial charge in [0.25, 0.3) is 5.69 Å². The molecule has 0 unspecified atom stereocenters. The summed E-state index contributed by atoms with van der Waals surface area (Å²) in [5.74, 6) is 0.825. The van der Waals surface area contributed by atoms with Crippen molar-refractivity contribution in [2.24, 2.45) is 0 Å². The molecule has 1 aliphatic heterocycles. The van der Waals surface area contributed by atoms with Crippen molar-refractivity contribution in [1.29, 1.82) is 0 Å². The normalized spacial score (nSPS) is 14.9. The van der Waals surface area contributed by atoms with Gasteiger partial charge in [0, 0.05) is 45.0 Å². The van der Waals surface area contributed by atoms with E-state index in [0.717, 1.165) is 25.3 Å². The average molecular weight is 393 g/mol. The predicted octanol–water partition coefficient (Wildman–Crippen LogP) is 2.98. The predicted molar refractivity (Wildman–Crippen MR) is 103 cm³/mol. The van der Waals surface area contributed by atoms with Gasteiger partial charge in [-0.1, -0.05) is 11.6 Å². The Morgan fingerprint density at radius 3 is 2.37 bits per heavy atom. The molecule has 2 aromatic rings. The van der Waals surface area contributed by atoms with Gasteiger partial charge < -0.3 is 14.4 Å². The summed E-state index contributed by atoms with van der Waals surface area (Å²) in [6, 6.07) is 6.83. The molecule has 27 heavy (non-hydrogen) atoms. The van der Waals surface area contributed by atoms with Crippen molar-refractivity contribution in [3.63, 3.8) is 0 Å². The number of aromatic nitrogens is 1. The molecule has 0 radical (unpaired) electrons. The van der Waals surface area contributed by atoms with Crippen LogP contribution in [0.2, 0.25) is 5.02 Å². The molecule has 0 atom stereocenters. The van der Waals surface area contributed by atoms with Crippen LogP contribution in [0.5, 0.6) is 11.5 Å². The Bertz CT molecular complexity index is 808. The molecule has 144 valence electrons. The number of pyridine rings is 1. The second-order valence-corrected chi connectivity index (χ2v) is 6.62. The second-order valence-electron chi connectivity index (χ2n) is 6.18. The van der Waals surface area contributed by atoms with Crippen LogP contribution in [0, 0.1) is 10.1 Å². The number of nitro benzene ring substituents is 1. The first kappa shape index (κ1) is 19.2. The fraction of sp³-hybridized carbons (Fsp3) is 0.389. The molecule has 0 aliphatic carbocycles. The second kappa shape index (κ2) is 8.41. The van der Waals surface area contributed by atoms with Crippen LogP contribution in [0.1, 0.15) is 5.69 Å². The molecule has 1 saturated heterocycles. The van der Waals surface area contributed by atoms with Crippen molar-refractivity contribution in [1.82, 2.24) is 9.88 Å². The number of ether oxygens (including phenoxy) is 2. The topological polar surface area (TPSA) is 81.0 Å². The highest BCUT2D eigenvalue weighted by Gasteiger charge is 2.26. The van der Waals surface area contributed by atoms with Gasteiger partial charge in [0.1, 0.15) is 5.69 Å². The Morgan fingerprint density at radius 1 is 1.15 bits per heavy atom. The molecule has 0 saturated carbocycles. The number of nitro groups is 1. The first-order chi connectivity index (χ1) is 13.0. The highest BCUT2D eigenvalue weighted by molar-refractivity contribution is 6.30. The zero-order valence-electron chi connectivity index (χ0n) is 15.2. The third-order valence-corrected chi connectivity index (χ3v) is 4.79. The summed E-state index contributed by atoms with van der Waals surface area (Å²) in [5, 5.41) is 12.1. The third kappa shape index (κ3) is 4.40. The van der Waals surface area contributed by atoms with Gasteiger partial charge >= 0.3 is 0 Å². The van der Waals surface area contributed by atoms with Crippen molar-refractivity contribution in [2.75, 3.05) is 45.3 Å². The third-order valence-electron chi connectivity index (χ3n) is 4.56. The van der Waals surface area contributed by atoms with Gasteiger partial charge in [0.15, 0.2) is 11.5 Å². The van der Waals surface area contributed by atoms with Crippen LogP contribution >= 0.6 is 11.6 Å². The lowest BCUT2D eigenvalue weighted by molar-refractivity contribution is -0.384. The SMILES string of the molecule is COc1cc(N2CCN(Cc3ccc(Cl)cn3)CC2)c([N+](=O)[O-])cc1OC. The lowest BCUT2D eigenvalue weighted by Crippen LogP contribution is -2.46. The van der Waals surface area contributed by atoms with Gasteiger partial charge in [0.05, 0.1) is 35.9 Å². The van der Waals surface area contributed by atoms with E-state index >= 15 is 0 Å². The van der Waals surface area contributed by atoms with E-state index in [9.17, 15) is 10.1 Å². The summed E-state index contributed by atoms with van der Waals surface area (Å²) < 4.78 is 10.5. The van der Waals surface area contributed by atoms with Gasteiger partial charge in [0.2, 0.25) is 0 Å². The van der Waals surface area contributed by atoms with Crippen molar-refractivity contribution in [3.05, 3.63) is 51.3 Å². The highest BCUT2D eigenvalue weighted by Crippen LogP contribution is 2.39. The molecule has 1 aromatic heterocycles. The standard InChI is InChI=1S/C18H21ClN4O4/c1-26-17-9-15(16(23(24)25)10-18(17)27-2)22-7-5-21(6-8-22)12-14-4-3-13(19)11-20-14/h3-4,9-11H,5-8,12H2,1-2H3. The minimum Gasteiger partial charge on any atom is -0.493 e. The van der Waals surface area contributed by atoms with Crippen LogP contribution in [-0.2, 0) is 6.54 Å². The fourth-order valence-electron chi connectivity index (χ4n) is 3.13. The summed E-state index contributed by atoms with van der Waals surface area (Å²) in [6.07, 6.45) is 1.64. The Kier molecular flexibility index (Phi) is 5.98. The molecule has 9 heteroatoms. The van der Waals surface area contributed by atoms with Crippen LogP contribution in [-0.4, -0.2) is 55.2 Å². The molecule has 1 aromatic carbocycles. The maximum Gasteiger partial charge on any atom is 0.296 e. The zero-order valence-corrected chi connectivity index (χ0v) is 16.0. The van der Waals surface area contributed by atoms with Crippen molar-refractivity contribution in [2.45, 2.75) is 6.54 Å². The largest absolute Gasteiger partial charge is 0.493 e. The van der Waals surface area contributed by atoms with E-state index in [0.29, 0.717) is 35.3 Å². The maximum absolute atomic E-state index is 11.5. The van der Waals surface area contributed by atoms with E-state index < -0.39 is 0 Å².